The molecular formula is C18H22N4O2S. The molecule has 2 heterocycles. The van der Waals surface area contributed by atoms with Crippen LogP contribution < -0.4 is 14.8 Å². The molecule has 0 radical (unpaired) electrons. The van der Waals surface area contributed by atoms with Gasteiger partial charge in [0.05, 0.1) is 24.6 Å². The van der Waals surface area contributed by atoms with Crippen LogP contribution in [-0.4, -0.2) is 28.4 Å². The molecule has 132 valence electrons. The molecule has 3 rings (SSSR count). The van der Waals surface area contributed by atoms with Crippen molar-refractivity contribution < 1.29 is 9.47 Å². The van der Waals surface area contributed by atoms with Gasteiger partial charge in [0, 0.05) is 6.54 Å². The lowest BCUT2D eigenvalue weighted by Crippen LogP contribution is -2.14. The molecule has 0 atom stereocenters. The first-order chi connectivity index (χ1) is 12.2. The van der Waals surface area contributed by atoms with E-state index in [0.29, 0.717) is 13.1 Å². The summed E-state index contributed by atoms with van der Waals surface area (Å²) in [5.41, 5.74) is 1.12. The Morgan fingerprint density at radius 2 is 2.08 bits per heavy atom. The number of rotatable bonds is 8. The van der Waals surface area contributed by atoms with Crippen LogP contribution in [0, 0.1) is 0 Å². The summed E-state index contributed by atoms with van der Waals surface area (Å²) < 4.78 is 11.2. The lowest BCUT2D eigenvalue weighted by Gasteiger charge is -2.14. The lowest BCUT2D eigenvalue weighted by molar-refractivity contribution is 0.230. The molecule has 0 saturated heterocycles. The highest BCUT2D eigenvalue weighted by molar-refractivity contribution is 7.13. The van der Waals surface area contributed by atoms with Crippen molar-refractivity contribution >= 4 is 11.3 Å². The number of hydrogen-bond donors (Lipinski definition) is 2. The fourth-order valence-electron chi connectivity index (χ4n) is 2.39. The van der Waals surface area contributed by atoms with E-state index in [2.05, 4.69) is 20.5 Å². The van der Waals surface area contributed by atoms with Crippen LogP contribution in [0.2, 0.25) is 0 Å². The number of thiophene rings is 1. The Hall–Kier alpha value is -2.38. The summed E-state index contributed by atoms with van der Waals surface area (Å²) in [4.78, 5) is 5.56. The largest absolute Gasteiger partial charge is 0.493 e. The number of nitrogens with one attached hydrogen (secondary N) is 2. The summed E-state index contributed by atoms with van der Waals surface area (Å²) in [5.74, 6) is 3.06. The van der Waals surface area contributed by atoms with E-state index in [-0.39, 0.29) is 6.10 Å². The van der Waals surface area contributed by atoms with Crippen molar-refractivity contribution in [3.8, 4) is 22.2 Å². The zero-order chi connectivity index (χ0) is 17.6. The van der Waals surface area contributed by atoms with Crippen molar-refractivity contribution in [3.05, 3.63) is 47.1 Å². The maximum Gasteiger partial charge on any atom is 0.191 e. The van der Waals surface area contributed by atoms with Crippen molar-refractivity contribution in [2.45, 2.75) is 33.0 Å². The summed E-state index contributed by atoms with van der Waals surface area (Å²) in [6, 6.07) is 9.97. The summed E-state index contributed by atoms with van der Waals surface area (Å²) in [7, 11) is 1.65. The molecule has 25 heavy (non-hydrogen) atoms. The van der Waals surface area contributed by atoms with E-state index in [1.807, 2.05) is 49.6 Å². The van der Waals surface area contributed by atoms with E-state index >= 15 is 0 Å². The van der Waals surface area contributed by atoms with Crippen LogP contribution in [0.4, 0.5) is 0 Å². The van der Waals surface area contributed by atoms with Gasteiger partial charge in [-0.1, -0.05) is 12.1 Å². The standard InChI is InChI=1S/C18H22N4O2S/c1-12(2)24-14-7-6-13(9-15(14)23-3)10-19-11-17-20-18(22-21-17)16-5-4-8-25-16/h4-9,12,19H,10-11H2,1-3H3,(H,20,21,22). The Morgan fingerprint density at radius 1 is 1.20 bits per heavy atom. The predicted octanol–water partition coefficient (Wildman–Crippen LogP) is 3.62. The Morgan fingerprint density at radius 3 is 2.80 bits per heavy atom. The van der Waals surface area contributed by atoms with Gasteiger partial charge >= 0.3 is 0 Å². The summed E-state index contributed by atoms with van der Waals surface area (Å²) in [6.45, 7) is 5.31. The van der Waals surface area contributed by atoms with E-state index in [0.717, 1.165) is 33.6 Å². The monoisotopic (exact) mass is 358 g/mol. The highest BCUT2D eigenvalue weighted by atomic mass is 32.1. The van der Waals surface area contributed by atoms with Crippen LogP contribution in [0.5, 0.6) is 11.5 Å². The first kappa shape index (κ1) is 17.4. The summed E-state index contributed by atoms with van der Waals surface area (Å²) >= 11 is 1.63. The van der Waals surface area contributed by atoms with Crippen molar-refractivity contribution in [1.82, 2.24) is 20.5 Å². The molecule has 0 aliphatic heterocycles. The van der Waals surface area contributed by atoms with E-state index < -0.39 is 0 Å². The van der Waals surface area contributed by atoms with Crippen LogP contribution in [0.25, 0.3) is 10.7 Å². The minimum atomic E-state index is 0.113. The van der Waals surface area contributed by atoms with Crippen LogP contribution >= 0.6 is 11.3 Å². The van der Waals surface area contributed by atoms with Crippen molar-refractivity contribution in [2.75, 3.05) is 7.11 Å². The molecule has 0 bridgehead atoms. The fraction of sp³-hybridized carbons (Fsp3) is 0.333. The van der Waals surface area contributed by atoms with Crippen LogP contribution in [0.1, 0.15) is 25.2 Å². The van der Waals surface area contributed by atoms with Gasteiger partial charge in [-0.25, -0.2) is 4.98 Å². The van der Waals surface area contributed by atoms with Crippen LogP contribution in [0.3, 0.4) is 0 Å². The number of hydrogen-bond acceptors (Lipinski definition) is 6. The van der Waals surface area contributed by atoms with Gasteiger partial charge < -0.3 is 14.8 Å². The molecule has 2 aromatic heterocycles. The van der Waals surface area contributed by atoms with Gasteiger partial charge in [-0.15, -0.1) is 11.3 Å². The zero-order valence-corrected chi connectivity index (χ0v) is 15.4. The molecule has 0 saturated carbocycles. The topological polar surface area (TPSA) is 72.1 Å². The van der Waals surface area contributed by atoms with Gasteiger partial charge in [0.15, 0.2) is 17.3 Å². The van der Waals surface area contributed by atoms with E-state index in [1.54, 1.807) is 18.4 Å². The molecular weight excluding hydrogens is 336 g/mol. The van der Waals surface area contributed by atoms with Crippen LogP contribution in [-0.2, 0) is 13.1 Å². The average molecular weight is 358 g/mol. The van der Waals surface area contributed by atoms with Gasteiger partial charge in [-0.3, -0.25) is 5.10 Å². The fourth-order valence-corrected chi connectivity index (χ4v) is 3.05. The normalized spacial score (nSPS) is 11.0. The smallest absolute Gasteiger partial charge is 0.191 e. The summed E-state index contributed by atoms with van der Waals surface area (Å²) in [5, 5.41) is 12.6. The molecule has 3 aromatic rings. The molecule has 1 aromatic carbocycles. The first-order valence-electron chi connectivity index (χ1n) is 8.15. The summed E-state index contributed by atoms with van der Waals surface area (Å²) in [6.07, 6.45) is 0.113. The van der Waals surface area contributed by atoms with Gasteiger partial charge in [0.25, 0.3) is 0 Å². The third kappa shape index (κ3) is 4.58. The molecule has 0 unspecified atom stereocenters. The van der Waals surface area contributed by atoms with Gasteiger partial charge in [0.1, 0.15) is 5.82 Å². The Bertz CT molecular complexity index is 799. The van der Waals surface area contributed by atoms with Crippen molar-refractivity contribution in [1.29, 1.82) is 0 Å². The second kappa shape index (κ2) is 8.13. The van der Waals surface area contributed by atoms with Crippen molar-refractivity contribution in [3.63, 3.8) is 0 Å². The van der Waals surface area contributed by atoms with Crippen molar-refractivity contribution in [2.24, 2.45) is 0 Å². The number of methoxy groups -OCH3 is 1. The second-order valence-electron chi connectivity index (χ2n) is 5.84. The maximum atomic E-state index is 5.74. The zero-order valence-electron chi connectivity index (χ0n) is 14.6. The molecule has 7 heteroatoms. The Labute approximate surface area is 151 Å². The molecule has 0 amide bonds. The van der Waals surface area contributed by atoms with E-state index in [4.69, 9.17) is 9.47 Å². The SMILES string of the molecule is COc1cc(CNCc2nc(-c3cccs3)n[nH]2)ccc1OC(C)C. The molecule has 2 N–H and O–H groups in total. The highest BCUT2D eigenvalue weighted by Crippen LogP contribution is 2.29. The van der Waals surface area contributed by atoms with Gasteiger partial charge in [-0.05, 0) is 43.0 Å². The third-order valence-corrected chi connectivity index (χ3v) is 4.35. The molecule has 0 fully saturated rings. The predicted molar refractivity (Wildman–Crippen MR) is 99.0 cm³/mol. The quantitative estimate of drug-likeness (QED) is 0.643. The molecule has 0 aliphatic rings. The Balaban J connectivity index is 1.57. The minimum absolute atomic E-state index is 0.113. The number of benzene rings is 1. The molecule has 0 aliphatic carbocycles. The number of ether oxygens (including phenoxy) is 2. The van der Waals surface area contributed by atoms with E-state index in [1.165, 1.54) is 0 Å². The minimum Gasteiger partial charge on any atom is -0.493 e. The number of H-pyrrole nitrogens is 1. The number of aromatic nitrogens is 3. The molecule has 0 spiro atoms. The number of nitrogens with zero attached hydrogens (tertiary/aromatic N) is 2. The lowest BCUT2D eigenvalue weighted by atomic mass is 10.2. The van der Waals surface area contributed by atoms with Gasteiger partial charge in [-0.2, -0.15) is 5.10 Å². The average Bonchev–Trinajstić information content (AvgIpc) is 3.26. The first-order valence-corrected chi connectivity index (χ1v) is 9.03. The maximum absolute atomic E-state index is 5.74. The van der Waals surface area contributed by atoms with E-state index in [9.17, 15) is 0 Å². The highest BCUT2D eigenvalue weighted by Gasteiger charge is 2.09. The number of aromatic amines is 1. The third-order valence-electron chi connectivity index (χ3n) is 3.49. The van der Waals surface area contributed by atoms with Gasteiger partial charge in [0.2, 0.25) is 0 Å². The second-order valence-corrected chi connectivity index (χ2v) is 6.79. The Kier molecular flexibility index (Phi) is 5.67. The van der Waals surface area contributed by atoms with Crippen LogP contribution in [0.15, 0.2) is 35.7 Å². The molecule has 6 nitrogen and oxygen atoms in total.